The first-order chi connectivity index (χ1) is 8.63. The molecule has 1 N–H and O–H groups in total. The lowest BCUT2D eigenvalue weighted by molar-refractivity contribution is -0.114. The van der Waals surface area contributed by atoms with Crippen molar-refractivity contribution in [3.63, 3.8) is 0 Å². The van der Waals surface area contributed by atoms with E-state index in [0.717, 1.165) is 0 Å². The minimum absolute atomic E-state index is 0.209. The van der Waals surface area contributed by atoms with Crippen LogP contribution in [0.4, 0.5) is 5.82 Å². The van der Waals surface area contributed by atoms with Crippen molar-refractivity contribution in [1.82, 2.24) is 15.0 Å². The van der Waals surface area contributed by atoms with Crippen LogP contribution >= 0.6 is 11.6 Å². The number of ether oxygens (including phenoxy) is 1. The van der Waals surface area contributed by atoms with Gasteiger partial charge in [0.25, 0.3) is 0 Å². The molecule has 7 heteroatoms. The number of pyridine rings is 1. The van der Waals surface area contributed by atoms with Crippen molar-refractivity contribution in [3.05, 3.63) is 35.9 Å². The third-order valence-corrected chi connectivity index (χ3v) is 2.06. The molecule has 0 unspecified atom stereocenters. The monoisotopic (exact) mass is 264 g/mol. The summed E-state index contributed by atoms with van der Waals surface area (Å²) >= 11 is 5.72. The quantitative estimate of drug-likeness (QED) is 0.861. The molecule has 0 aliphatic rings. The second kappa shape index (κ2) is 5.42. The fourth-order valence-electron chi connectivity index (χ4n) is 1.18. The average molecular weight is 265 g/mol. The fourth-order valence-corrected chi connectivity index (χ4v) is 1.35. The summed E-state index contributed by atoms with van der Waals surface area (Å²) in [6.07, 6.45) is 4.33. The predicted octanol–water partition coefficient (Wildman–Crippen LogP) is 2.28. The van der Waals surface area contributed by atoms with Gasteiger partial charge >= 0.3 is 0 Å². The Balaban J connectivity index is 2.08. The van der Waals surface area contributed by atoms with Crippen LogP contribution in [0.25, 0.3) is 0 Å². The van der Waals surface area contributed by atoms with E-state index >= 15 is 0 Å². The highest BCUT2D eigenvalue weighted by atomic mass is 35.5. The van der Waals surface area contributed by atoms with Gasteiger partial charge in [-0.25, -0.2) is 15.0 Å². The molecule has 0 aliphatic heterocycles. The van der Waals surface area contributed by atoms with E-state index in [1.807, 2.05) is 0 Å². The van der Waals surface area contributed by atoms with Crippen LogP contribution in [0, 0.1) is 0 Å². The number of amides is 1. The molecule has 2 aromatic heterocycles. The second-order valence-electron chi connectivity index (χ2n) is 3.34. The summed E-state index contributed by atoms with van der Waals surface area (Å²) in [6, 6.07) is 3.21. The maximum atomic E-state index is 10.8. The predicted molar refractivity (Wildman–Crippen MR) is 65.7 cm³/mol. The number of rotatable bonds is 3. The minimum atomic E-state index is -0.209. The van der Waals surface area contributed by atoms with Crippen LogP contribution in [-0.4, -0.2) is 20.9 Å². The average Bonchev–Trinajstić information content (AvgIpc) is 2.31. The molecule has 0 bridgehead atoms. The van der Waals surface area contributed by atoms with E-state index < -0.39 is 0 Å². The number of nitrogens with one attached hydrogen (secondary N) is 1. The van der Waals surface area contributed by atoms with Gasteiger partial charge in [0.15, 0.2) is 5.82 Å². The molecule has 0 atom stereocenters. The molecule has 1 amide bonds. The van der Waals surface area contributed by atoms with Gasteiger partial charge < -0.3 is 10.1 Å². The Morgan fingerprint density at radius 1 is 1.33 bits per heavy atom. The number of hydrogen-bond donors (Lipinski definition) is 1. The van der Waals surface area contributed by atoms with Crippen LogP contribution in [0.2, 0.25) is 5.15 Å². The maximum Gasteiger partial charge on any atom is 0.237 e. The van der Waals surface area contributed by atoms with E-state index in [4.69, 9.17) is 16.3 Å². The van der Waals surface area contributed by atoms with Crippen molar-refractivity contribution >= 4 is 23.3 Å². The highest BCUT2D eigenvalue weighted by Gasteiger charge is 2.02. The van der Waals surface area contributed by atoms with Gasteiger partial charge in [-0.15, -0.1) is 0 Å². The van der Waals surface area contributed by atoms with Crippen LogP contribution in [0.3, 0.4) is 0 Å². The summed E-state index contributed by atoms with van der Waals surface area (Å²) in [4.78, 5) is 22.6. The summed E-state index contributed by atoms with van der Waals surface area (Å²) in [5.74, 6) is 0.962. The number of anilines is 1. The fraction of sp³-hybridized carbons (Fsp3) is 0.0909. The van der Waals surface area contributed by atoms with Gasteiger partial charge in [-0.1, -0.05) is 11.6 Å². The lowest BCUT2D eigenvalue weighted by Gasteiger charge is -2.05. The van der Waals surface area contributed by atoms with E-state index in [-0.39, 0.29) is 5.91 Å². The van der Waals surface area contributed by atoms with Crippen LogP contribution in [0.1, 0.15) is 6.92 Å². The number of hydrogen-bond acceptors (Lipinski definition) is 5. The molecule has 0 aliphatic carbocycles. The van der Waals surface area contributed by atoms with E-state index in [2.05, 4.69) is 20.3 Å². The van der Waals surface area contributed by atoms with Crippen LogP contribution in [0.5, 0.6) is 11.6 Å². The Labute approximate surface area is 108 Å². The molecule has 18 heavy (non-hydrogen) atoms. The molecule has 92 valence electrons. The van der Waals surface area contributed by atoms with Gasteiger partial charge in [-0.3, -0.25) is 4.79 Å². The summed E-state index contributed by atoms with van der Waals surface area (Å²) < 4.78 is 5.41. The van der Waals surface area contributed by atoms with Crippen molar-refractivity contribution in [2.75, 3.05) is 5.32 Å². The minimum Gasteiger partial charge on any atom is -0.437 e. The molecular formula is C11H9ClN4O2. The van der Waals surface area contributed by atoms with Gasteiger partial charge in [0.2, 0.25) is 11.8 Å². The zero-order valence-corrected chi connectivity index (χ0v) is 10.2. The third kappa shape index (κ3) is 3.39. The van der Waals surface area contributed by atoms with E-state index in [9.17, 15) is 4.79 Å². The highest BCUT2D eigenvalue weighted by Crippen LogP contribution is 2.20. The number of halogens is 1. The van der Waals surface area contributed by atoms with Gasteiger partial charge in [0.1, 0.15) is 10.9 Å². The van der Waals surface area contributed by atoms with Crippen molar-refractivity contribution in [3.8, 4) is 11.6 Å². The first-order valence-corrected chi connectivity index (χ1v) is 5.40. The molecule has 0 fully saturated rings. The first-order valence-electron chi connectivity index (χ1n) is 5.02. The number of carbonyl (C=O) groups is 1. The third-order valence-electron chi connectivity index (χ3n) is 1.85. The number of nitrogens with zero attached hydrogens (tertiary/aromatic N) is 3. The maximum absolute atomic E-state index is 10.8. The largest absolute Gasteiger partial charge is 0.437 e. The van der Waals surface area contributed by atoms with Crippen LogP contribution < -0.4 is 10.1 Å². The molecular weight excluding hydrogens is 256 g/mol. The molecule has 2 rings (SSSR count). The first kappa shape index (κ1) is 12.3. The lowest BCUT2D eigenvalue weighted by atomic mass is 10.4. The summed E-state index contributed by atoms with van der Waals surface area (Å²) in [7, 11) is 0. The van der Waals surface area contributed by atoms with Crippen molar-refractivity contribution < 1.29 is 9.53 Å². The normalized spacial score (nSPS) is 9.89. The van der Waals surface area contributed by atoms with Gasteiger partial charge in [0, 0.05) is 19.2 Å². The SMILES string of the molecule is CC(=O)Nc1cnc(Oc2ccnc(Cl)c2)cn1. The molecule has 0 saturated carbocycles. The lowest BCUT2D eigenvalue weighted by Crippen LogP contribution is -2.07. The Morgan fingerprint density at radius 3 is 2.78 bits per heavy atom. The molecule has 2 aromatic rings. The highest BCUT2D eigenvalue weighted by molar-refractivity contribution is 6.29. The van der Waals surface area contributed by atoms with Gasteiger partial charge in [-0.05, 0) is 6.07 Å². The van der Waals surface area contributed by atoms with E-state index in [0.29, 0.717) is 22.6 Å². The molecule has 0 aromatic carbocycles. The Bertz CT molecular complexity index is 559. The number of carbonyl (C=O) groups excluding carboxylic acids is 1. The Hall–Kier alpha value is -2.21. The van der Waals surface area contributed by atoms with Gasteiger partial charge in [0.05, 0.1) is 12.4 Å². The zero-order chi connectivity index (χ0) is 13.0. The standard InChI is InChI=1S/C11H9ClN4O2/c1-7(17)16-10-5-15-11(6-14-10)18-8-2-3-13-9(12)4-8/h2-6H,1H3,(H,14,16,17). The van der Waals surface area contributed by atoms with Crippen molar-refractivity contribution in [2.45, 2.75) is 6.92 Å². The zero-order valence-electron chi connectivity index (χ0n) is 9.42. The molecule has 0 saturated heterocycles. The number of aromatic nitrogens is 3. The Kier molecular flexibility index (Phi) is 3.69. The van der Waals surface area contributed by atoms with E-state index in [1.165, 1.54) is 25.5 Å². The molecule has 6 nitrogen and oxygen atoms in total. The molecule has 2 heterocycles. The topological polar surface area (TPSA) is 77.0 Å². The molecule has 0 spiro atoms. The van der Waals surface area contributed by atoms with Crippen molar-refractivity contribution in [2.24, 2.45) is 0 Å². The van der Waals surface area contributed by atoms with E-state index in [1.54, 1.807) is 12.1 Å². The van der Waals surface area contributed by atoms with Gasteiger partial charge in [-0.2, -0.15) is 0 Å². The second-order valence-corrected chi connectivity index (χ2v) is 3.72. The Morgan fingerprint density at radius 2 is 2.17 bits per heavy atom. The summed E-state index contributed by atoms with van der Waals surface area (Å²) in [5.41, 5.74) is 0. The van der Waals surface area contributed by atoms with Crippen LogP contribution in [0.15, 0.2) is 30.7 Å². The summed E-state index contributed by atoms with van der Waals surface area (Å²) in [5, 5.41) is 2.83. The molecule has 0 radical (unpaired) electrons. The van der Waals surface area contributed by atoms with Crippen LogP contribution in [-0.2, 0) is 4.79 Å². The summed E-state index contributed by atoms with van der Waals surface area (Å²) in [6.45, 7) is 1.39. The van der Waals surface area contributed by atoms with Crippen molar-refractivity contribution in [1.29, 1.82) is 0 Å². The smallest absolute Gasteiger partial charge is 0.237 e.